The minimum Gasteiger partial charge on any atom is -0.479 e. The third-order valence-electron chi connectivity index (χ3n) is 2.45. The fraction of sp³-hybridized carbons (Fsp3) is 0.462. The van der Waals surface area contributed by atoms with Crippen molar-refractivity contribution >= 4 is 29.1 Å². The topological polar surface area (TPSA) is 58.6 Å². The second-order valence-electron chi connectivity index (χ2n) is 4.06. The van der Waals surface area contributed by atoms with Crippen LogP contribution in [0.1, 0.15) is 19.8 Å². The van der Waals surface area contributed by atoms with Gasteiger partial charge in [0.05, 0.1) is 5.02 Å². The van der Waals surface area contributed by atoms with Gasteiger partial charge in [0.1, 0.15) is 5.75 Å². The molecule has 0 bridgehead atoms. The number of halogens is 2. The molecule has 2 N–H and O–H groups in total. The molecule has 106 valence electrons. The summed E-state index contributed by atoms with van der Waals surface area (Å²) in [6, 6.07) is 4.83. The number of nitrogens with one attached hydrogen (secondary N) is 1. The Morgan fingerprint density at radius 3 is 2.79 bits per heavy atom. The molecule has 0 aliphatic heterocycles. The summed E-state index contributed by atoms with van der Waals surface area (Å²) in [5, 5.41) is 12.2. The third-order valence-corrected chi connectivity index (χ3v) is 2.98. The van der Waals surface area contributed by atoms with E-state index in [4.69, 9.17) is 33.0 Å². The first-order valence-electron chi connectivity index (χ1n) is 6.05. The van der Waals surface area contributed by atoms with Crippen LogP contribution in [-0.4, -0.2) is 30.3 Å². The van der Waals surface area contributed by atoms with Gasteiger partial charge in [-0.05, 0) is 38.0 Å². The van der Waals surface area contributed by atoms with E-state index in [1.807, 2.05) is 0 Å². The molecule has 1 aromatic carbocycles. The number of carbonyl (C=O) groups excluding carboxylic acids is 1. The Labute approximate surface area is 122 Å². The number of carbonyl (C=O) groups is 1. The van der Waals surface area contributed by atoms with Gasteiger partial charge in [-0.3, -0.25) is 4.79 Å². The van der Waals surface area contributed by atoms with Gasteiger partial charge in [0, 0.05) is 18.2 Å². The molecule has 4 nitrogen and oxygen atoms in total. The van der Waals surface area contributed by atoms with Gasteiger partial charge < -0.3 is 15.2 Å². The molecule has 0 saturated heterocycles. The number of amides is 1. The Hall–Kier alpha value is -0.970. The van der Waals surface area contributed by atoms with Crippen molar-refractivity contribution in [2.24, 2.45) is 0 Å². The van der Waals surface area contributed by atoms with Crippen molar-refractivity contribution in [2.75, 3.05) is 13.2 Å². The van der Waals surface area contributed by atoms with Crippen LogP contribution in [0.5, 0.6) is 5.75 Å². The molecular formula is C13H17Cl2NO3. The average Bonchev–Trinajstić information content (AvgIpc) is 2.37. The van der Waals surface area contributed by atoms with Crippen LogP contribution < -0.4 is 10.1 Å². The summed E-state index contributed by atoms with van der Waals surface area (Å²) < 4.78 is 5.47. The Kier molecular flexibility index (Phi) is 6.99. The lowest BCUT2D eigenvalue weighted by molar-refractivity contribution is -0.127. The van der Waals surface area contributed by atoms with Gasteiger partial charge in [-0.15, -0.1) is 0 Å². The van der Waals surface area contributed by atoms with Gasteiger partial charge in [-0.25, -0.2) is 0 Å². The summed E-state index contributed by atoms with van der Waals surface area (Å²) in [5.41, 5.74) is 0. The van der Waals surface area contributed by atoms with Gasteiger partial charge >= 0.3 is 0 Å². The lowest BCUT2D eigenvalue weighted by Crippen LogP contribution is -2.36. The summed E-state index contributed by atoms with van der Waals surface area (Å²) in [6.45, 7) is 2.29. The van der Waals surface area contributed by atoms with E-state index in [0.717, 1.165) is 6.42 Å². The minimum atomic E-state index is -0.646. The van der Waals surface area contributed by atoms with Crippen LogP contribution in [0.2, 0.25) is 10.0 Å². The fourth-order valence-electron chi connectivity index (χ4n) is 1.41. The van der Waals surface area contributed by atoms with Crippen LogP contribution in [0.25, 0.3) is 0 Å². The summed E-state index contributed by atoms with van der Waals surface area (Å²) in [7, 11) is 0. The molecule has 1 unspecified atom stereocenters. The molecule has 0 aliphatic rings. The molecule has 0 aromatic heterocycles. The summed E-state index contributed by atoms with van der Waals surface area (Å²) in [5.74, 6) is 0.202. The van der Waals surface area contributed by atoms with Crippen LogP contribution >= 0.6 is 23.2 Å². The second-order valence-corrected chi connectivity index (χ2v) is 4.90. The Morgan fingerprint density at radius 2 is 2.16 bits per heavy atom. The summed E-state index contributed by atoms with van der Waals surface area (Å²) in [4.78, 5) is 11.7. The fourth-order valence-corrected chi connectivity index (χ4v) is 1.86. The normalized spacial score (nSPS) is 12.0. The molecular weight excluding hydrogens is 289 g/mol. The number of ether oxygens (including phenoxy) is 1. The van der Waals surface area contributed by atoms with Crippen LogP contribution in [0.3, 0.4) is 0 Å². The maximum atomic E-state index is 11.7. The van der Waals surface area contributed by atoms with Crippen molar-refractivity contribution in [3.63, 3.8) is 0 Å². The molecule has 19 heavy (non-hydrogen) atoms. The molecule has 1 aromatic rings. The Morgan fingerprint density at radius 1 is 1.42 bits per heavy atom. The highest BCUT2D eigenvalue weighted by molar-refractivity contribution is 6.35. The van der Waals surface area contributed by atoms with E-state index in [9.17, 15) is 4.79 Å². The molecule has 0 spiro atoms. The van der Waals surface area contributed by atoms with Gasteiger partial charge in [0.15, 0.2) is 6.10 Å². The second kappa shape index (κ2) is 8.25. The number of aliphatic hydroxyl groups excluding tert-OH is 1. The number of benzene rings is 1. The number of unbranched alkanes of at least 4 members (excludes halogenated alkanes) is 1. The number of rotatable bonds is 7. The molecule has 1 amide bonds. The zero-order valence-electron chi connectivity index (χ0n) is 10.7. The van der Waals surface area contributed by atoms with Crippen molar-refractivity contribution < 1.29 is 14.6 Å². The average molecular weight is 306 g/mol. The molecule has 1 atom stereocenters. The minimum absolute atomic E-state index is 0.127. The van der Waals surface area contributed by atoms with E-state index >= 15 is 0 Å². The van der Waals surface area contributed by atoms with Crippen LogP contribution in [0, 0.1) is 0 Å². The van der Waals surface area contributed by atoms with Crippen molar-refractivity contribution in [2.45, 2.75) is 25.9 Å². The molecule has 0 fully saturated rings. The van der Waals surface area contributed by atoms with E-state index in [0.29, 0.717) is 28.8 Å². The van der Waals surface area contributed by atoms with Crippen molar-refractivity contribution in [1.29, 1.82) is 0 Å². The molecule has 0 aliphatic carbocycles. The van der Waals surface area contributed by atoms with Gasteiger partial charge in [0.2, 0.25) is 0 Å². The molecule has 6 heteroatoms. The highest BCUT2D eigenvalue weighted by Crippen LogP contribution is 2.28. The predicted molar refractivity (Wildman–Crippen MR) is 75.9 cm³/mol. The number of aliphatic hydroxyl groups is 1. The van der Waals surface area contributed by atoms with Crippen LogP contribution in [-0.2, 0) is 4.79 Å². The molecule has 1 rings (SSSR count). The van der Waals surface area contributed by atoms with Crippen molar-refractivity contribution in [3.05, 3.63) is 28.2 Å². The quantitative estimate of drug-likeness (QED) is 0.761. The van der Waals surface area contributed by atoms with Crippen LogP contribution in [0.15, 0.2) is 18.2 Å². The first-order valence-corrected chi connectivity index (χ1v) is 6.80. The molecule has 0 radical (unpaired) electrons. The van der Waals surface area contributed by atoms with Crippen LogP contribution in [0.4, 0.5) is 0 Å². The summed E-state index contributed by atoms with van der Waals surface area (Å²) >= 11 is 11.7. The predicted octanol–water partition coefficient (Wildman–Crippen LogP) is 2.65. The van der Waals surface area contributed by atoms with E-state index in [1.54, 1.807) is 25.1 Å². The highest BCUT2D eigenvalue weighted by Gasteiger charge is 2.15. The van der Waals surface area contributed by atoms with E-state index in [-0.39, 0.29) is 12.5 Å². The van der Waals surface area contributed by atoms with Crippen molar-refractivity contribution in [3.8, 4) is 5.75 Å². The number of hydrogen-bond acceptors (Lipinski definition) is 3. The first-order chi connectivity index (χ1) is 9.04. The monoisotopic (exact) mass is 305 g/mol. The lowest BCUT2D eigenvalue weighted by Gasteiger charge is -2.15. The zero-order valence-corrected chi connectivity index (χ0v) is 12.2. The molecule has 0 saturated carbocycles. The lowest BCUT2D eigenvalue weighted by atomic mass is 10.3. The Bertz CT molecular complexity index is 426. The smallest absolute Gasteiger partial charge is 0.260 e. The van der Waals surface area contributed by atoms with Crippen molar-refractivity contribution in [1.82, 2.24) is 5.32 Å². The van der Waals surface area contributed by atoms with E-state index in [1.165, 1.54) is 0 Å². The van der Waals surface area contributed by atoms with Gasteiger partial charge in [-0.2, -0.15) is 0 Å². The standard InChI is InChI=1S/C13H17Cl2NO3/c1-9(13(18)16-6-2-3-7-17)19-12-5-4-10(14)8-11(12)15/h4-5,8-9,17H,2-3,6-7H2,1H3,(H,16,18). The number of hydrogen-bond donors (Lipinski definition) is 2. The Balaban J connectivity index is 2.45. The van der Waals surface area contributed by atoms with Gasteiger partial charge in [-0.1, -0.05) is 23.2 Å². The largest absolute Gasteiger partial charge is 0.479 e. The third kappa shape index (κ3) is 5.68. The van der Waals surface area contributed by atoms with Gasteiger partial charge in [0.25, 0.3) is 5.91 Å². The first kappa shape index (κ1) is 16.1. The summed E-state index contributed by atoms with van der Waals surface area (Å²) in [6.07, 6.45) is 0.752. The maximum absolute atomic E-state index is 11.7. The maximum Gasteiger partial charge on any atom is 0.260 e. The zero-order chi connectivity index (χ0) is 14.3. The van der Waals surface area contributed by atoms with E-state index < -0.39 is 6.10 Å². The van der Waals surface area contributed by atoms with E-state index in [2.05, 4.69) is 5.32 Å². The highest BCUT2D eigenvalue weighted by atomic mass is 35.5. The molecule has 0 heterocycles. The SMILES string of the molecule is CC(Oc1ccc(Cl)cc1Cl)C(=O)NCCCCO.